The molecule has 0 N–H and O–H groups in total. The first-order valence-electron chi connectivity index (χ1n) is 4.06. The summed E-state index contributed by atoms with van der Waals surface area (Å²) in [6.07, 6.45) is 5.68. The maximum Gasteiger partial charge on any atom is 0.141 e. The molecule has 0 heterocycles. The van der Waals surface area contributed by atoms with Crippen molar-refractivity contribution in [1.29, 1.82) is 0 Å². The standard InChI is InChI=1S/C8H17ClSi/c1-3-5-7-10(9)8-6-4-2/h3,10H,1,4-8H2,2H3. The third kappa shape index (κ3) is 6.37. The number of rotatable bonds is 6. The predicted octanol–water partition coefficient (Wildman–Crippen LogP) is 3.33. The van der Waals surface area contributed by atoms with E-state index in [0.717, 1.165) is 6.42 Å². The fraction of sp³-hybridized carbons (Fsp3) is 0.750. The largest absolute Gasteiger partial charge is 0.172 e. The quantitative estimate of drug-likeness (QED) is 0.331. The summed E-state index contributed by atoms with van der Waals surface area (Å²) in [5.74, 6) is 0. The van der Waals surface area contributed by atoms with Crippen LogP contribution in [0.2, 0.25) is 12.1 Å². The van der Waals surface area contributed by atoms with E-state index < -0.39 is 8.11 Å². The Morgan fingerprint density at radius 3 is 2.70 bits per heavy atom. The summed E-state index contributed by atoms with van der Waals surface area (Å²) in [6.45, 7) is 5.89. The number of hydrogen-bond donors (Lipinski definition) is 0. The Morgan fingerprint density at radius 2 is 2.20 bits per heavy atom. The van der Waals surface area contributed by atoms with Crippen molar-refractivity contribution in [1.82, 2.24) is 0 Å². The van der Waals surface area contributed by atoms with E-state index in [1.54, 1.807) is 0 Å². The molecule has 1 atom stereocenters. The van der Waals surface area contributed by atoms with Gasteiger partial charge in [-0.05, 0) is 18.5 Å². The van der Waals surface area contributed by atoms with E-state index in [0.29, 0.717) is 0 Å². The van der Waals surface area contributed by atoms with Gasteiger partial charge in [-0.15, -0.1) is 6.58 Å². The summed E-state index contributed by atoms with van der Waals surface area (Å²) < 4.78 is 0. The normalized spacial score (nSPS) is 13.0. The number of halogens is 1. The van der Waals surface area contributed by atoms with Crippen molar-refractivity contribution < 1.29 is 0 Å². The monoisotopic (exact) mass is 176 g/mol. The molecule has 1 unspecified atom stereocenters. The number of unbranched alkanes of at least 4 members (excludes halogenated alkanes) is 1. The molecule has 0 aromatic rings. The molecule has 0 aliphatic rings. The summed E-state index contributed by atoms with van der Waals surface area (Å²) in [6, 6.07) is 2.52. The Kier molecular flexibility index (Phi) is 7.54. The van der Waals surface area contributed by atoms with Gasteiger partial charge in [0.25, 0.3) is 0 Å². The molecule has 0 aliphatic heterocycles. The summed E-state index contributed by atoms with van der Waals surface area (Å²) in [7, 11) is -0.836. The van der Waals surface area contributed by atoms with Crippen LogP contribution < -0.4 is 0 Å². The van der Waals surface area contributed by atoms with Crippen LogP contribution in [0.4, 0.5) is 0 Å². The lowest BCUT2D eigenvalue weighted by molar-refractivity contribution is 0.874. The summed E-state index contributed by atoms with van der Waals surface area (Å²) in [4.78, 5) is 0. The lowest BCUT2D eigenvalue weighted by Gasteiger charge is -2.02. The van der Waals surface area contributed by atoms with Gasteiger partial charge in [-0.25, -0.2) is 0 Å². The van der Waals surface area contributed by atoms with Gasteiger partial charge in [-0.2, -0.15) is 11.1 Å². The molecular weight excluding hydrogens is 160 g/mol. The van der Waals surface area contributed by atoms with Crippen LogP contribution in [0.25, 0.3) is 0 Å². The maximum atomic E-state index is 6.13. The van der Waals surface area contributed by atoms with Crippen LogP contribution in [0.5, 0.6) is 0 Å². The highest BCUT2D eigenvalue weighted by Gasteiger charge is 2.03. The molecule has 0 radical (unpaired) electrons. The van der Waals surface area contributed by atoms with Gasteiger partial charge in [-0.1, -0.05) is 25.8 Å². The number of allylic oxidation sites excluding steroid dienone is 1. The maximum absolute atomic E-state index is 6.13. The van der Waals surface area contributed by atoms with Crippen molar-refractivity contribution in [3.63, 3.8) is 0 Å². The highest BCUT2D eigenvalue weighted by atomic mass is 35.6. The summed E-state index contributed by atoms with van der Waals surface area (Å²) in [5.41, 5.74) is 0. The van der Waals surface area contributed by atoms with Crippen molar-refractivity contribution in [3.8, 4) is 0 Å². The van der Waals surface area contributed by atoms with Gasteiger partial charge >= 0.3 is 0 Å². The van der Waals surface area contributed by atoms with E-state index in [-0.39, 0.29) is 0 Å². The zero-order valence-corrected chi connectivity index (χ0v) is 8.69. The minimum Gasteiger partial charge on any atom is -0.172 e. The summed E-state index contributed by atoms with van der Waals surface area (Å²) >= 11 is 6.13. The van der Waals surface area contributed by atoms with E-state index in [4.69, 9.17) is 11.1 Å². The molecule has 0 nitrogen and oxygen atoms in total. The van der Waals surface area contributed by atoms with Crippen LogP contribution in [-0.2, 0) is 0 Å². The first kappa shape index (κ1) is 10.2. The molecule has 0 aromatic carbocycles. The Hall–Kier alpha value is 0.247. The van der Waals surface area contributed by atoms with Gasteiger partial charge in [0.1, 0.15) is 8.11 Å². The molecule has 0 bridgehead atoms. The highest BCUT2D eigenvalue weighted by molar-refractivity contribution is 7.06. The van der Waals surface area contributed by atoms with Gasteiger partial charge in [0.2, 0.25) is 0 Å². The van der Waals surface area contributed by atoms with Crippen molar-refractivity contribution in [2.75, 3.05) is 0 Å². The predicted molar refractivity (Wildman–Crippen MR) is 52.3 cm³/mol. The van der Waals surface area contributed by atoms with Crippen LogP contribution in [0.15, 0.2) is 12.7 Å². The minimum atomic E-state index is -0.836. The first-order chi connectivity index (χ1) is 4.81. The van der Waals surface area contributed by atoms with Gasteiger partial charge < -0.3 is 0 Å². The minimum absolute atomic E-state index is 0.836. The van der Waals surface area contributed by atoms with Crippen molar-refractivity contribution in [2.45, 2.75) is 38.3 Å². The van der Waals surface area contributed by atoms with Crippen molar-refractivity contribution in [3.05, 3.63) is 12.7 Å². The molecule has 10 heavy (non-hydrogen) atoms. The molecule has 0 amide bonds. The molecule has 0 saturated carbocycles. The molecule has 0 saturated heterocycles. The smallest absolute Gasteiger partial charge is 0.141 e. The molecule has 0 aromatic heterocycles. The lowest BCUT2D eigenvalue weighted by Crippen LogP contribution is -2.01. The van der Waals surface area contributed by atoms with Gasteiger partial charge in [-0.3, -0.25) is 0 Å². The third-order valence-corrected chi connectivity index (χ3v) is 4.86. The van der Waals surface area contributed by atoms with E-state index in [1.165, 1.54) is 24.9 Å². The van der Waals surface area contributed by atoms with E-state index in [2.05, 4.69) is 13.5 Å². The van der Waals surface area contributed by atoms with Gasteiger partial charge in [0, 0.05) is 0 Å². The molecule has 60 valence electrons. The van der Waals surface area contributed by atoms with Crippen LogP contribution in [0.1, 0.15) is 26.2 Å². The van der Waals surface area contributed by atoms with Gasteiger partial charge in [0.05, 0.1) is 0 Å². The second kappa shape index (κ2) is 7.36. The second-order valence-electron chi connectivity index (χ2n) is 2.61. The van der Waals surface area contributed by atoms with Crippen LogP contribution in [-0.4, -0.2) is 8.11 Å². The Morgan fingerprint density at radius 1 is 1.50 bits per heavy atom. The average molecular weight is 177 g/mol. The van der Waals surface area contributed by atoms with E-state index >= 15 is 0 Å². The van der Waals surface area contributed by atoms with Crippen molar-refractivity contribution >= 4 is 19.2 Å². The van der Waals surface area contributed by atoms with E-state index in [1.807, 2.05) is 6.08 Å². The molecule has 2 heteroatoms. The van der Waals surface area contributed by atoms with E-state index in [9.17, 15) is 0 Å². The Balaban J connectivity index is 3.07. The average Bonchev–Trinajstić information content (AvgIpc) is 1.97. The van der Waals surface area contributed by atoms with Crippen LogP contribution >= 0.6 is 11.1 Å². The third-order valence-electron chi connectivity index (χ3n) is 1.55. The highest BCUT2D eigenvalue weighted by Crippen LogP contribution is 2.11. The first-order valence-corrected chi connectivity index (χ1v) is 7.44. The van der Waals surface area contributed by atoms with Crippen LogP contribution in [0.3, 0.4) is 0 Å². The zero-order valence-electron chi connectivity index (χ0n) is 6.78. The Labute approximate surface area is 70.6 Å². The lowest BCUT2D eigenvalue weighted by atomic mass is 10.4. The summed E-state index contributed by atoms with van der Waals surface area (Å²) in [5, 5.41) is 0. The molecular formula is C8H17ClSi. The molecule has 0 aliphatic carbocycles. The fourth-order valence-corrected chi connectivity index (χ4v) is 3.45. The Bertz CT molecular complexity index is 83.3. The number of hydrogen-bond acceptors (Lipinski definition) is 0. The van der Waals surface area contributed by atoms with Gasteiger partial charge in [0.15, 0.2) is 0 Å². The zero-order chi connectivity index (χ0) is 7.82. The fourth-order valence-electron chi connectivity index (χ4n) is 0.869. The second-order valence-corrected chi connectivity index (χ2v) is 6.81. The van der Waals surface area contributed by atoms with Crippen molar-refractivity contribution in [2.24, 2.45) is 0 Å². The molecule has 0 fully saturated rings. The molecule has 0 rings (SSSR count). The topological polar surface area (TPSA) is 0 Å². The van der Waals surface area contributed by atoms with Crippen LogP contribution in [0, 0.1) is 0 Å². The SMILES string of the molecule is C=CCC[SiH](Cl)CCCC. The molecule has 0 spiro atoms.